The number of carbonyl (C=O) groups is 1. The van der Waals surface area contributed by atoms with E-state index < -0.39 is 0 Å². The summed E-state index contributed by atoms with van der Waals surface area (Å²) < 4.78 is 2.19. The van der Waals surface area contributed by atoms with Crippen LogP contribution >= 0.6 is 0 Å². The Morgan fingerprint density at radius 1 is 0.750 bits per heavy atom. The largest absolute Gasteiger partial charge is 0.506 e. The number of allylic oxidation sites excluding steroid dienone is 5. The molecule has 0 atom stereocenters. The molecule has 2 heterocycles. The van der Waals surface area contributed by atoms with Gasteiger partial charge >= 0.3 is 0 Å². The van der Waals surface area contributed by atoms with Gasteiger partial charge in [-0.05, 0) is 106 Å². The first-order chi connectivity index (χ1) is 16.9. The summed E-state index contributed by atoms with van der Waals surface area (Å²) in [5.41, 5.74) is 18.6. The summed E-state index contributed by atoms with van der Waals surface area (Å²) in [5.74, 6) is 0.0261. The molecule has 186 valence electrons. The summed E-state index contributed by atoms with van der Waals surface area (Å²) in [6.07, 6.45) is 5.32. The predicted molar refractivity (Wildman–Crippen MR) is 148 cm³/mol. The lowest BCUT2D eigenvalue weighted by atomic mass is 9.85. The lowest BCUT2D eigenvalue weighted by molar-refractivity contribution is -0.401. The average molecular weight is 482 g/mol. The Labute approximate surface area is 215 Å². The third-order valence-electron chi connectivity index (χ3n) is 9.43. The van der Waals surface area contributed by atoms with Crippen LogP contribution in [0.3, 0.4) is 0 Å². The van der Waals surface area contributed by atoms with Crippen molar-refractivity contribution in [2.24, 2.45) is 0 Å². The first-order valence-electron chi connectivity index (χ1n) is 12.8. The number of likely N-dealkylation sites (N-methyl/N-ethyl adjacent to an activating group) is 1. The van der Waals surface area contributed by atoms with Crippen LogP contribution < -0.4 is 4.90 Å². The molecule has 3 aliphatic rings. The number of hydrogen-bond acceptors (Lipinski definition) is 3. The van der Waals surface area contributed by atoms with Crippen molar-refractivity contribution in [3.8, 4) is 0 Å². The third kappa shape index (κ3) is 3.13. The molecule has 2 aromatic rings. The second kappa shape index (κ2) is 8.06. The SMILES string of the molecule is Cc1c(C)c(C)c2c(c1C)CC(=CC1=C(O)C(=CC3=[N+](C)c4c(C)c(C)c(C)c(C)c4C3)C1=O)N2C. The maximum absolute atomic E-state index is 13.2. The van der Waals surface area contributed by atoms with E-state index in [2.05, 4.69) is 79.0 Å². The Morgan fingerprint density at radius 2 is 1.31 bits per heavy atom. The molecule has 0 fully saturated rings. The van der Waals surface area contributed by atoms with Crippen LogP contribution in [0.4, 0.5) is 11.4 Å². The van der Waals surface area contributed by atoms with Gasteiger partial charge in [0.1, 0.15) is 12.8 Å². The number of aliphatic hydroxyl groups excluding tert-OH is 1. The van der Waals surface area contributed by atoms with Gasteiger partial charge in [0.2, 0.25) is 11.5 Å². The van der Waals surface area contributed by atoms with Crippen LogP contribution in [0.1, 0.15) is 55.6 Å². The summed E-state index contributed by atoms with van der Waals surface area (Å²) in [7, 11) is 4.12. The standard InChI is InChI=1S/C32H36N2O2/c1-15-17(3)21(7)29-25(19(15)5)11-23(33(29)9)13-27-31(35)28(32(27)36)14-24-12-26-20(6)16(2)18(4)22(8)30(26)34(24)10/h13-14H,11-12H2,1-10H3/p+1. The molecule has 1 aliphatic carbocycles. The van der Waals surface area contributed by atoms with Crippen molar-refractivity contribution < 1.29 is 14.5 Å². The van der Waals surface area contributed by atoms with Crippen LogP contribution in [-0.4, -0.2) is 35.3 Å². The Hall–Kier alpha value is -3.40. The smallest absolute Gasteiger partial charge is 0.212 e. The molecule has 0 radical (unpaired) electrons. The van der Waals surface area contributed by atoms with Crippen LogP contribution in [0.15, 0.2) is 34.8 Å². The fourth-order valence-corrected chi connectivity index (χ4v) is 6.31. The number of nitrogens with zero attached hydrogens (tertiary/aromatic N) is 2. The van der Waals surface area contributed by atoms with Crippen molar-refractivity contribution in [2.75, 3.05) is 19.0 Å². The van der Waals surface area contributed by atoms with E-state index >= 15 is 0 Å². The second-order valence-corrected chi connectivity index (χ2v) is 10.9. The average Bonchev–Trinajstić information content (AvgIpc) is 3.37. The fraction of sp³-hybridized carbons (Fsp3) is 0.375. The number of benzene rings is 2. The highest BCUT2D eigenvalue weighted by molar-refractivity contribution is 6.23. The summed E-state index contributed by atoms with van der Waals surface area (Å²) in [6, 6.07) is 0. The van der Waals surface area contributed by atoms with E-state index in [9.17, 15) is 9.90 Å². The molecule has 0 saturated carbocycles. The highest BCUT2D eigenvalue weighted by Gasteiger charge is 2.38. The van der Waals surface area contributed by atoms with Crippen LogP contribution in [-0.2, 0) is 17.6 Å². The van der Waals surface area contributed by atoms with E-state index in [1.54, 1.807) is 0 Å². The number of carbonyl (C=O) groups excluding carboxylic acids is 1. The second-order valence-electron chi connectivity index (χ2n) is 10.9. The molecule has 5 rings (SSSR count). The predicted octanol–water partition coefficient (Wildman–Crippen LogP) is 6.32. The molecule has 0 amide bonds. The van der Waals surface area contributed by atoms with Gasteiger partial charge in [0.25, 0.3) is 0 Å². The van der Waals surface area contributed by atoms with Gasteiger partial charge in [-0.15, -0.1) is 0 Å². The van der Waals surface area contributed by atoms with Crippen molar-refractivity contribution in [2.45, 2.75) is 68.2 Å². The van der Waals surface area contributed by atoms with E-state index in [1.165, 1.54) is 67.0 Å². The van der Waals surface area contributed by atoms with Gasteiger partial charge in [-0.3, -0.25) is 4.79 Å². The molecule has 0 aromatic heterocycles. The Kier molecular flexibility index (Phi) is 5.44. The van der Waals surface area contributed by atoms with Crippen LogP contribution in [0, 0.1) is 55.4 Å². The summed E-state index contributed by atoms with van der Waals surface area (Å²) in [6.45, 7) is 17.4. The van der Waals surface area contributed by atoms with Gasteiger partial charge in [-0.1, -0.05) is 0 Å². The molecule has 0 spiro atoms. The van der Waals surface area contributed by atoms with Crippen molar-refractivity contribution in [1.82, 2.24) is 0 Å². The minimum absolute atomic E-state index is 0.0807. The van der Waals surface area contributed by atoms with Gasteiger partial charge in [-0.25, -0.2) is 0 Å². The highest BCUT2D eigenvalue weighted by atomic mass is 16.3. The molecule has 0 bridgehead atoms. The zero-order chi connectivity index (χ0) is 26.4. The number of fused-ring (bicyclic) bond motifs is 2. The molecular formula is C32H37N2O2+. The van der Waals surface area contributed by atoms with Crippen molar-refractivity contribution in [1.29, 1.82) is 0 Å². The van der Waals surface area contributed by atoms with Crippen LogP contribution in [0.25, 0.3) is 0 Å². The Balaban J connectivity index is 1.50. The normalized spacial score (nSPS) is 19.2. The van der Waals surface area contributed by atoms with Gasteiger partial charge in [0, 0.05) is 42.1 Å². The maximum Gasteiger partial charge on any atom is 0.212 e. The van der Waals surface area contributed by atoms with Crippen molar-refractivity contribution in [3.05, 3.63) is 90.4 Å². The topological polar surface area (TPSA) is 43.6 Å². The van der Waals surface area contributed by atoms with E-state index in [1.807, 2.05) is 12.2 Å². The van der Waals surface area contributed by atoms with Gasteiger partial charge < -0.3 is 10.0 Å². The Morgan fingerprint density at radius 3 is 1.92 bits per heavy atom. The zero-order valence-electron chi connectivity index (χ0n) is 23.3. The third-order valence-corrected chi connectivity index (χ3v) is 9.43. The number of rotatable bonds is 2. The fourth-order valence-electron chi connectivity index (χ4n) is 6.31. The molecule has 36 heavy (non-hydrogen) atoms. The van der Waals surface area contributed by atoms with Gasteiger partial charge in [0.15, 0.2) is 5.71 Å². The van der Waals surface area contributed by atoms with E-state index in [0.29, 0.717) is 11.1 Å². The molecule has 0 saturated heterocycles. The lowest BCUT2D eigenvalue weighted by Crippen LogP contribution is -2.24. The first kappa shape index (κ1) is 24.3. The number of aliphatic hydroxyl groups is 1. The molecule has 1 N–H and O–H groups in total. The molecule has 4 heteroatoms. The number of anilines is 1. The molecule has 0 unspecified atom stereocenters. The Bertz CT molecular complexity index is 1540. The summed E-state index contributed by atoms with van der Waals surface area (Å²) in [5, 5.41) is 11.0. The van der Waals surface area contributed by atoms with E-state index in [0.717, 1.165) is 24.3 Å². The van der Waals surface area contributed by atoms with E-state index in [-0.39, 0.29) is 11.5 Å². The molecule has 2 aromatic carbocycles. The lowest BCUT2D eigenvalue weighted by Gasteiger charge is -2.23. The monoisotopic (exact) mass is 481 g/mol. The highest BCUT2D eigenvalue weighted by Crippen LogP contribution is 2.43. The number of ketones is 1. The first-order valence-corrected chi connectivity index (χ1v) is 12.8. The summed E-state index contributed by atoms with van der Waals surface area (Å²) >= 11 is 0. The quantitative estimate of drug-likeness (QED) is 0.403. The number of Topliss-reactive ketones (excluding diaryl/α,β-unsaturated/α-hetero) is 1. The minimum Gasteiger partial charge on any atom is -0.506 e. The maximum atomic E-state index is 13.2. The van der Waals surface area contributed by atoms with Gasteiger partial charge in [-0.2, -0.15) is 4.58 Å². The molecule has 2 aliphatic heterocycles. The van der Waals surface area contributed by atoms with E-state index in [4.69, 9.17) is 0 Å². The minimum atomic E-state index is -0.0807. The van der Waals surface area contributed by atoms with Crippen LogP contribution in [0.2, 0.25) is 0 Å². The summed E-state index contributed by atoms with van der Waals surface area (Å²) in [4.78, 5) is 15.4. The van der Waals surface area contributed by atoms with Crippen molar-refractivity contribution in [3.63, 3.8) is 0 Å². The number of hydrogen-bond donors (Lipinski definition) is 1. The molecular weight excluding hydrogens is 444 g/mol. The zero-order valence-corrected chi connectivity index (χ0v) is 23.3. The van der Waals surface area contributed by atoms with Crippen molar-refractivity contribution >= 4 is 22.9 Å². The molecule has 4 nitrogen and oxygen atoms in total. The van der Waals surface area contributed by atoms with Gasteiger partial charge in [0.05, 0.1) is 17.6 Å². The van der Waals surface area contributed by atoms with Crippen LogP contribution in [0.5, 0.6) is 0 Å².